The summed E-state index contributed by atoms with van der Waals surface area (Å²) in [7, 11) is 0. The molecule has 0 spiro atoms. The van der Waals surface area contributed by atoms with Gasteiger partial charge in [-0.3, -0.25) is 4.79 Å². The lowest BCUT2D eigenvalue weighted by molar-refractivity contribution is 0.0930. The molecular weight excluding hydrogens is 357 g/mol. The molecular formula is C22H20FN3O2. The van der Waals surface area contributed by atoms with Gasteiger partial charge >= 0.3 is 0 Å². The van der Waals surface area contributed by atoms with Crippen LogP contribution in [0.5, 0.6) is 5.75 Å². The Hall–Kier alpha value is -3.15. The second-order valence-electron chi connectivity index (χ2n) is 7.43. The van der Waals surface area contributed by atoms with Crippen LogP contribution >= 0.6 is 0 Å². The average molecular weight is 377 g/mol. The summed E-state index contributed by atoms with van der Waals surface area (Å²) in [6.45, 7) is 0. The van der Waals surface area contributed by atoms with Gasteiger partial charge in [0, 0.05) is 11.3 Å². The molecule has 0 radical (unpaired) electrons. The van der Waals surface area contributed by atoms with Crippen molar-refractivity contribution in [3.8, 4) is 11.4 Å². The number of amides is 1. The van der Waals surface area contributed by atoms with Crippen molar-refractivity contribution in [2.45, 2.75) is 38.1 Å². The summed E-state index contributed by atoms with van der Waals surface area (Å²) in [5.74, 6) is -0.204. The summed E-state index contributed by atoms with van der Waals surface area (Å²) in [6.07, 6.45) is 4.16. The lowest BCUT2D eigenvalue weighted by Crippen LogP contribution is -2.28. The number of benzene rings is 2. The highest BCUT2D eigenvalue weighted by molar-refractivity contribution is 5.94. The minimum absolute atomic E-state index is 0.123. The van der Waals surface area contributed by atoms with Gasteiger partial charge in [-0.1, -0.05) is 12.1 Å². The minimum Gasteiger partial charge on any atom is -0.508 e. The number of phenols is 1. The predicted molar refractivity (Wildman–Crippen MR) is 102 cm³/mol. The lowest BCUT2D eigenvalue weighted by atomic mass is 10.1. The Labute approximate surface area is 161 Å². The van der Waals surface area contributed by atoms with Gasteiger partial charge in [-0.15, -0.1) is 0 Å². The van der Waals surface area contributed by atoms with Gasteiger partial charge in [0.25, 0.3) is 5.91 Å². The zero-order valence-electron chi connectivity index (χ0n) is 15.3. The van der Waals surface area contributed by atoms with Gasteiger partial charge < -0.3 is 10.4 Å². The lowest BCUT2D eigenvalue weighted by Gasteiger charge is -2.14. The molecule has 5 nitrogen and oxygen atoms in total. The standard InChI is InChI=1S/C22H20FN3O2/c23-13-7-9-14(10-8-13)26-19-5-1-4-17(19)21(25-26)22(28)24-18-12-11-16-15(18)3-2-6-20(16)27/h2-3,6-10,18,27H,1,4-5,11-12H2,(H,24,28). The van der Waals surface area contributed by atoms with E-state index >= 15 is 0 Å². The third-order valence-corrected chi connectivity index (χ3v) is 5.77. The van der Waals surface area contributed by atoms with E-state index in [1.807, 2.05) is 6.07 Å². The number of aromatic hydroxyl groups is 1. The highest BCUT2D eigenvalue weighted by Crippen LogP contribution is 2.36. The molecule has 1 unspecified atom stereocenters. The maximum absolute atomic E-state index is 13.3. The molecule has 0 fully saturated rings. The van der Waals surface area contributed by atoms with Crippen molar-refractivity contribution in [2.24, 2.45) is 0 Å². The maximum Gasteiger partial charge on any atom is 0.272 e. The van der Waals surface area contributed by atoms with E-state index in [2.05, 4.69) is 10.4 Å². The van der Waals surface area contributed by atoms with Crippen LogP contribution in [0, 0.1) is 5.82 Å². The van der Waals surface area contributed by atoms with Crippen molar-refractivity contribution in [2.75, 3.05) is 0 Å². The molecule has 2 aromatic carbocycles. The number of halogens is 1. The molecule has 0 aliphatic heterocycles. The first-order chi connectivity index (χ1) is 13.6. The third-order valence-electron chi connectivity index (χ3n) is 5.77. The topological polar surface area (TPSA) is 67.2 Å². The van der Waals surface area contributed by atoms with E-state index in [0.29, 0.717) is 5.69 Å². The summed E-state index contributed by atoms with van der Waals surface area (Å²) in [5, 5.41) is 17.7. The molecule has 0 saturated carbocycles. The largest absolute Gasteiger partial charge is 0.508 e. The molecule has 28 heavy (non-hydrogen) atoms. The number of nitrogens with zero attached hydrogens (tertiary/aromatic N) is 2. The van der Waals surface area contributed by atoms with Gasteiger partial charge in [0.05, 0.1) is 11.7 Å². The number of rotatable bonds is 3. The van der Waals surface area contributed by atoms with Crippen LogP contribution in [0.3, 0.4) is 0 Å². The molecule has 3 aromatic rings. The van der Waals surface area contributed by atoms with Crippen molar-refractivity contribution in [3.05, 3.63) is 76.4 Å². The molecule has 5 rings (SSSR count). The van der Waals surface area contributed by atoms with Crippen molar-refractivity contribution < 1.29 is 14.3 Å². The number of carbonyl (C=O) groups is 1. The first kappa shape index (κ1) is 17.0. The van der Waals surface area contributed by atoms with E-state index in [-0.39, 0.29) is 23.5 Å². The Bertz CT molecular complexity index is 1070. The van der Waals surface area contributed by atoms with Gasteiger partial charge in [-0.25, -0.2) is 9.07 Å². The quantitative estimate of drug-likeness (QED) is 0.733. The second kappa shape index (κ2) is 6.48. The van der Waals surface area contributed by atoms with Crippen molar-refractivity contribution in [1.29, 1.82) is 0 Å². The van der Waals surface area contributed by atoms with E-state index in [0.717, 1.165) is 60.2 Å². The molecule has 2 N–H and O–H groups in total. The van der Waals surface area contributed by atoms with E-state index in [1.165, 1.54) is 12.1 Å². The number of hydrogen-bond acceptors (Lipinski definition) is 3. The Kier molecular flexibility index (Phi) is 3.93. The molecule has 2 aliphatic rings. The first-order valence-corrected chi connectivity index (χ1v) is 9.60. The fraction of sp³-hybridized carbons (Fsp3) is 0.273. The van der Waals surface area contributed by atoms with Crippen LogP contribution in [0.2, 0.25) is 0 Å². The number of fused-ring (bicyclic) bond motifs is 2. The monoisotopic (exact) mass is 377 g/mol. The normalized spacial score (nSPS) is 17.4. The van der Waals surface area contributed by atoms with Gasteiger partial charge in [0.15, 0.2) is 5.69 Å². The van der Waals surface area contributed by atoms with Crippen LogP contribution in [-0.4, -0.2) is 20.8 Å². The van der Waals surface area contributed by atoms with E-state index in [1.54, 1.807) is 28.9 Å². The van der Waals surface area contributed by atoms with Crippen LogP contribution in [0.25, 0.3) is 5.69 Å². The van der Waals surface area contributed by atoms with Crippen LogP contribution < -0.4 is 5.32 Å². The van der Waals surface area contributed by atoms with Crippen LogP contribution in [-0.2, 0) is 19.3 Å². The molecule has 0 saturated heterocycles. The minimum atomic E-state index is -0.298. The number of phenolic OH excluding ortho intramolecular Hbond substituents is 1. The Morgan fingerprint density at radius 1 is 1.11 bits per heavy atom. The Morgan fingerprint density at radius 2 is 1.93 bits per heavy atom. The Morgan fingerprint density at radius 3 is 2.75 bits per heavy atom. The number of carbonyl (C=O) groups excluding carboxylic acids is 1. The zero-order valence-corrected chi connectivity index (χ0v) is 15.3. The molecule has 142 valence electrons. The predicted octanol–water partition coefficient (Wildman–Crippen LogP) is 3.62. The molecule has 1 aromatic heterocycles. The highest BCUT2D eigenvalue weighted by atomic mass is 19.1. The smallest absolute Gasteiger partial charge is 0.272 e. The van der Waals surface area contributed by atoms with Gasteiger partial charge in [0.1, 0.15) is 11.6 Å². The molecule has 0 bridgehead atoms. The fourth-order valence-corrected chi connectivity index (χ4v) is 4.43. The van der Waals surface area contributed by atoms with E-state index < -0.39 is 0 Å². The molecule has 1 atom stereocenters. The Balaban J connectivity index is 1.46. The van der Waals surface area contributed by atoms with Crippen LogP contribution in [0.15, 0.2) is 42.5 Å². The number of nitrogens with one attached hydrogen (secondary N) is 1. The summed E-state index contributed by atoms with van der Waals surface area (Å²) in [5.41, 5.74) is 5.11. The average Bonchev–Trinajstić information content (AvgIpc) is 3.39. The molecule has 2 aliphatic carbocycles. The molecule has 6 heteroatoms. The van der Waals surface area contributed by atoms with E-state index in [4.69, 9.17) is 0 Å². The fourth-order valence-electron chi connectivity index (χ4n) is 4.43. The second-order valence-corrected chi connectivity index (χ2v) is 7.43. The highest BCUT2D eigenvalue weighted by Gasteiger charge is 2.31. The summed E-state index contributed by atoms with van der Waals surface area (Å²) < 4.78 is 15.0. The maximum atomic E-state index is 13.3. The van der Waals surface area contributed by atoms with Gasteiger partial charge in [-0.2, -0.15) is 5.10 Å². The summed E-state index contributed by atoms with van der Waals surface area (Å²) in [4.78, 5) is 13.0. The van der Waals surface area contributed by atoms with Crippen molar-refractivity contribution in [1.82, 2.24) is 15.1 Å². The van der Waals surface area contributed by atoms with Gasteiger partial charge in [-0.05, 0) is 73.6 Å². The SMILES string of the molecule is O=C(NC1CCc2c(O)cccc21)c1nn(-c2ccc(F)cc2)c2c1CCC2. The summed E-state index contributed by atoms with van der Waals surface area (Å²) >= 11 is 0. The summed E-state index contributed by atoms with van der Waals surface area (Å²) in [6, 6.07) is 11.5. The van der Waals surface area contributed by atoms with Crippen molar-refractivity contribution in [3.63, 3.8) is 0 Å². The van der Waals surface area contributed by atoms with Crippen molar-refractivity contribution >= 4 is 5.91 Å². The van der Waals surface area contributed by atoms with E-state index in [9.17, 15) is 14.3 Å². The van der Waals surface area contributed by atoms with Crippen LogP contribution in [0.4, 0.5) is 4.39 Å². The molecule has 1 heterocycles. The first-order valence-electron chi connectivity index (χ1n) is 9.60. The zero-order chi connectivity index (χ0) is 19.3. The number of aromatic nitrogens is 2. The molecule has 1 amide bonds. The third kappa shape index (κ3) is 2.68. The number of hydrogen-bond donors (Lipinski definition) is 2. The van der Waals surface area contributed by atoms with Gasteiger partial charge in [0.2, 0.25) is 0 Å². The van der Waals surface area contributed by atoms with Crippen LogP contribution in [0.1, 0.15) is 51.8 Å².